The first-order chi connectivity index (χ1) is 11.4. The van der Waals surface area contributed by atoms with E-state index in [2.05, 4.69) is 10.4 Å². The fraction of sp³-hybridized carbons (Fsp3) is 0.375. The molecule has 3 N–H and O–H groups in total. The number of aromatic nitrogens is 1. The number of nitrogens with zero attached hydrogens (tertiary/aromatic N) is 1. The van der Waals surface area contributed by atoms with E-state index in [1.54, 1.807) is 6.92 Å². The summed E-state index contributed by atoms with van der Waals surface area (Å²) in [6.45, 7) is 1.64. The Hall–Kier alpha value is -1.77. The molecule has 2 aromatic rings. The third-order valence-electron chi connectivity index (χ3n) is 3.60. The lowest BCUT2D eigenvalue weighted by atomic mass is 10.0. The third kappa shape index (κ3) is 5.70. The highest BCUT2D eigenvalue weighted by Gasteiger charge is 2.12. The van der Waals surface area contributed by atoms with Gasteiger partial charge in [-0.3, -0.25) is 10.2 Å². The molecule has 24 heavy (non-hydrogen) atoms. The minimum Gasteiger partial charge on any atom is -0.294 e. The minimum atomic E-state index is -3.04. The molecule has 0 aliphatic carbocycles. The van der Waals surface area contributed by atoms with Crippen LogP contribution in [-0.4, -0.2) is 25.1 Å². The molecule has 0 fully saturated rings. The second kappa shape index (κ2) is 8.36. The number of hydrazine groups is 1. The highest BCUT2D eigenvalue weighted by molar-refractivity contribution is 7.90. The van der Waals surface area contributed by atoms with Crippen molar-refractivity contribution in [1.29, 1.82) is 0 Å². The van der Waals surface area contributed by atoms with E-state index in [4.69, 9.17) is 5.84 Å². The van der Waals surface area contributed by atoms with Gasteiger partial charge in [0.2, 0.25) is 5.91 Å². The first-order valence-electron chi connectivity index (χ1n) is 7.63. The Morgan fingerprint density at radius 1 is 1.21 bits per heavy atom. The molecule has 1 heterocycles. The van der Waals surface area contributed by atoms with Crippen molar-refractivity contribution in [2.45, 2.75) is 31.9 Å². The van der Waals surface area contributed by atoms with Gasteiger partial charge < -0.3 is 0 Å². The Morgan fingerprint density at radius 2 is 1.88 bits per heavy atom. The highest BCUT2D eigenvalue weighted by Crippen LogP contribution is 2.16. The average molecular weight is 367 g/mol. The van der Waals surface area contributed by atoms with Crippen LogP contribution >= 0.6 is 11.3 Å². The zero-order valence-electron chi connectivity index (χ0n) is 13.5. The number of rotatable bonds is 8. The standard InChI is InChI=1S/C16H21N3O3S2/c1-2-24(21,22)11-16-18-14(10-23-16)8-7-12-3-5-13(6-4-12)9-15(20)19-17/h3-6,10H,2,7-9,11,17H2,1H3,(H,19,20). The molecule has 2 rings (SSSR count). The molecule has 0 spiro atoms. The molecule has 0 atom stereocenters. The molecule has 6 nitrogen and oxygen atoms in total. The van der Waals surface area contributed by atoms with Gasteiger partial charge >= 0.3 is 0 Å². The lowest BCUT2D eigenvalue weighted by Crippen LogP contribution is -2.31. The molecular weight excluding hydrogens is 346 g/mol. The van der Waals surface area contributed by atoms with Crippen LogP contribution in [0.2, 0.25) is 0 Å². The highest BCUT2D eigenvalue weighted by atomic mass is 32.2. The van der Waals surface area contributed by atoms with Gasteiger partial charge in [0.05, 0.1) is 12.1 Å². The molecule has 0 bridgehead atoms. The molecule has 1 aromatic carbocycles. The zero-order chi connectivity index (χ0) is 17.6. The second-order valence-corrected chi connectivity index (χ2v) is 8.77. The van der Waals surface area contributed by atoms with Crippen molar-refractivity contribution in [3.8, 4) is 0 Å². The van der Waals surface area contributed by atoms with Crippen molar-refractivity contribution in [1.82, 2.24) is 10.4 Å². The van der Waals surface area contributed by atoms with Crippen LogP contribution in [0.1, 0.15) is 28.8 Å². The van der Waals surface area contributed by atoms with Gasteiger partial charge in [-0.15, -0.1) is 11.3 Å². The Kier molecular flexibility index (Phi) is 6.47. The summed E-state index contributed by atoms with van der Waals surface area (Å²) >= 11 is 1.39. The van der Waals surface area contributed by atoms with Crippen LogP contribution in [0.25, 0.3) is 0 Å². The monoisotopic (exact) mass is 367 g/mol. The number of hydrogen-bond acceptors (Lipinski definition) is 6. The number of hydrogen-bond donors (Lipinski definition) is 2. The summed E-state index contributed by atoms with van der Waals surface area (Å²) in [6.07, 6.45) is 1.83. The Bertz CT molecular complexity index is 783. The number of carbonyl (C=O) groups excluding carboxylic acids is 1. The fourth-order valence-corrected chi connectivity index (χ4v) is 4.22. The molecule has 0 aliphatic rings. The molecule has 1 aromatic heterocycles. The Morgan fingerprint density at radius 3 is 2.50 bits per heavy atom. The maximum atomic E-state index is 11.6. The smallest absolute Gasteiger partial charge is 0.238 e. The molecule has 130 valence electrons. The molecule has 0 radical (unpaired) electrons. The molecule has 0 saturated carbocycles. The first kappa shape index (κ1) is 18.6. The number of nitrogens with two attached hydrogens (primary N) is 1. The van der Waals surface area contributed by atoms with Crippen molar-refractivity contribution >= 4 is 27.1 Å². The van der Waals surface area contributed by atoms with Gasteiger partial charge in [0.25, 0.3) is 0 Å². The average Bonchev–Trinajstić information content (AvgIpc) is 3.00. The van der Waals surface area contributed by atoms with Gasteiger partial charge in [-0.2, -0.15) is 0 Å². The van der Waals surface area contributed by atoms with Crippen LogP contribution in [0.15, 0.2) is 29.6 Å². The summed E-state index contributed by atoms with van der Waals surface area (Å²) in [4.78, 5) is 15.6. The predicted octanol–water partition coefficient (Wildman–Crippen LogP) is 1.40. The Balaban J connectivity index is 1.89. The van der Waals surface area contributed by atoms with E-state index in [9.17, 15) is 13.2 Å². The number of benzene rings is 1. The van der Waals surface area contributed by atoms with E-state index in [0.717, 1.165) is 29.7 Å². The summed E-state index contributed by atoms with van der Waals surface area (Å²) in [7, 11) is -3.04. The van der Waals surface area contributed by atoms with Gasteiger partial charge in [-0.1, -0.05) is 31.2 Å². The Labute approximate surface area is 146 Å². The van der Waals surface area contributed by atoms with Crippen LogP contribution in [0.5, 0.6) is 0 Å². The number of sulfone groups is 1. The normalized spacial score (nSPS) is 11.4. The van der Waals surface area contributed by atoms with E-state index in [1.165, 1.54) is 11.3 Å². The molecular formula is C16H21N3O3S2. The molecule has 0 saturated heterocycles. The minimum absolute atomic E-state index is 0.0199. The SMILES string of the molecule is CCS(=O)(=O)Cc1nc(CCc2ccc(CC(=O)NN)cc2)cs1. The molecule has 0 unspecified atom stereocenters. The summed E-state index contributed by atoms with van der Waals surface area (Å²) in [5.74, 6) is 5.00. The summed E-state index contributed by atoms with van der Waals surface area (Å²) in [5.41, 5.74) is 5.06. The van der Waals surface area contributed by atoms with E-state index in [-0.39, 0.29) is 23.8 Å². The molecule has 1 amide bonds. The molecule has 0 aliphatic heterocycles. The second-order valence-electron chi connectivity index (χ2n) is 5.47. The van der Waals surface area contributed by atoms with Gasteiger partial charge in [-0.05, 0) is 24.0 Å². The first-order valence-corrected chi connectivity index (χ1v) is 10.3. The largest absolute Gasteiger partial charge is 0.294 e. The van der Waals surface area contributed by atoms with Crippen LogP contribution in [-0.2, 0) is 39.6 Å². The van der Waals surface area contributed by atoms with Gasteiger partial charge in [0.15, 0.2) is 9.84 Å². The topological polar surface area (TPSA) is 102 Å². The van der Waals surface area contributed by atoms with Crippen molar-refractivity contribution in [3.05, 3.63) is 51.5 Å². The number of carbonyl (C=O) groups is 1. The third-order valence-corrected chi connectivity index (χ3v) is 6.27. The van der Waals surface area contributed by atoms with Crippen LogP contribution in [0, 0.1) is 0 Å². The number of aryl methyl sites for hydroxylation is 2. The van der Waals surface area contributed by atoms with Crippen LogP contribution in [0.4, 0.5) is 0 Å². The van der Waals surface area contributed by atoms with Crippen molar-refractivity contribution in [3.63, 3.8) is 0 Å². The summed E-state index contributed by atoms with van der Waals surface area (Å²) in [6, 6.07) is 7.78. The van der Waals surface area contributed by atoms with E-state index in [0.29, 0.717) is 5.01 Å². The maximum Gasteiger partial charge on any atom is 0.238 e. The molecule has 8 heteroatoms. The van der Waals surface area contributed by atoms with E-state index < -0.39 is 9.84 Å². The lowest BCUT2D eigenvalue weighted by Gasteiger charge is -2.03. The van der Waals surface area contributed by atoms with Crippen molar-refractivity contribution in [2.24, 2.45) is 5.84 Å². The van der Waals surface area contributed by atoms with E-state index in [1.807, 2.05) is 29.6 Å². The summed E-state index contributed by atoms with van der Waals surface area (Å²) < 4.78 is 23.2. The van der Waals surface area contributed by atoms with Crippen LogP contribution in [0.3, 0.4) is 0 Å². The van der Waals surface area contributed by atoms with Gasteiger partial charge in [0.1, 0.15) is 10.8 Å². The van der Waals surface area contributed by atoms with Crippen molar-refractivity contribution in [2.75, 3.05) is 5.75 Å². The van der Waals surface area contributed by atoms with Gasteiger partial charge in [0, 0.05) is 11.1 Å². The maximum absolute atomic E-state index is 11.6. The lowest BCUT2D eigenvalue weighted by molar-refractivity contribution is -0.120. The fourth-order valence-electron chi connectivity index (χ4n) is 2.15. The number of amides is 1. The predicted molar refractivity (Wildman–Crippen MR) is 95.2 cm³/mol. The van der Waals surface area contributed by atoms with Crippen LogP contribution < -0.4 is 11.3 Å². The number of thiazole rings is 1. The van der Waals surface area contributed by atoms with Crippen molar-refractivity contribution < 1.29 is 13.2 Å². The number of nitrogens with one attached hydrogen (secondary N) is 1. The van der Waals surface area contributed by atoms with E-state index >= 15 is 0 Å². The summed E-state index contributed by atoms with van der Waals surface area (Å²) in [5, 5.41) is 2.57. The zero-order valence-corrected chi connectivity index (χ0v) is 15.1. The van der Waals surface area contributed by atoms with Gasteiger partial charge in [-0.25, -0.2) is 19.2 Å². The quantitative estimate of drug-likeness (QED) is 0.417.